The highest BCUT2D eigenvalue weighted by Crippen LogP contribution is 2.41. The van der Waals surface area contributed by atoms with Crippen LogP contribution in [-0.4, -0.2) is 17.5 Å². The summed E-state index contributed by atoms with van der Waals surface area (Å²) in [4.78, 5) is 1.39. The lowest BCUT2D eigenvalue weighted by Crippen LogP contribution is -2.10. The van der Waals surface area contributed by atoms with Crippen molar-refractivity contribution >= 4 is 11.8 Å². The van der Waals surface area contributed by atoms with E-state index >= 15 is 0 Å². The van der Waals surface area contributed by atoms with Gasteiger partial charge in [0.15, 0.2) is 0 Å². The summed E-state index contributed by atoms with van der Waals surface area (Å²) < 4.78 is 6.11. The summed E-state index contributed by atoms with van der Waals surface area (Å²) in [6.07, 6.45) is 1.42. The Hall–Kier alpha value is -1.45. The Bertz CT molecular complexity index is 668. The van der Waals surface area contributed by atoms with Crippen LogP contribution in [0.1, 0.15) is 35.1 Å². The maximum atomic E-state index is 9.96. The van der Waals surface area contributed by atoms with Crippen molar-refractivity contribution in [2.24, 2.45) is 0 Å². The maximum Gasteiger partial charge on any atom is 0.122 e. The van der Waals surface area contributed by atoms with Gasteiger partial charge in [-0.1, -0.05) is 30.3 Å². The van der Waals surface area contributed by atoms with Crippen molar-refractivity contribution in [3.8, 4) is 5.75 Å². The van der Waals surface area contributed by atoms with Gasteiger partial charge in [-0.2, -0.15) is 0 Å². The molecule has 0 aromatic heterocycles. The predicted molar refractivity (Wildman–Crippen MR) is 85.1 cm³/mol. The largest absolute Gasteiger partial charge is 0.493 e. The second-order valence-electron chi connectivity index (χ2n) is 5.74. The number of hydrogen-bond donors (Lipinski definition) is 1. The minimum absolute atomic E-state index is 0.314. The normalized spacial score (nSPS) is 22.9. The molecule has 2 atom stereocenters. The molecule has 2 aromatic rings. The molecular formula is C18H18O2S. The van der Waals surface area contributed by atoms with Gasteiger partial charge in [0.1, 0.15) is 5.75 Å². The van der Waals surface area contributed by atoms with Crippen molar-refractivity contribution in [2.75, 3.05) is 12.4 Å². The molecule has 108 valence electrons. The summed E-state index contributed by atoms with van der Waals surface area (Å²) in [5.74, 6) is 2.52. The summed E-state index contributed by atoms with van der Waals surface area (Å²) in [7, 11) is 0. The van der Waals surface area contributed by atoms with E-state index in [0.29, 0.717) is 5.92 Å². The van der Waals surface area contributed by atoms with Crippen molar-refractivity contribution in [1.82, 2.24) is 0 Å². The Morgan fingerprint density at radius 3 is 2.90 bits per heavy atom. The predicted octanol–water partition coefficient (Wildman–Crippen LogP) is 3.93. The molecule has 1 N–H and O–H groups in total. The van der Waals surface area contributed by atoms with E-state index < -0.39 is 0 Å². The minimum Gasteiger partial charge on any atom is -0.493 e. The van der Waals surface area contributed by atoms with Gasteiger partial charge in [0.05, 0.1) is 12.7 Å². The van der Waals surface area contributed by atoms with E-state index in [1.165, 1.54) is 16.0 Å². The molecule has 0 saturated carbocycles. The van der Waals surface area contributed by atoms with Gasteiger partial charge in [-0.05, 0) is 36.1 Å². The SMILES string of the molecule is OC1CCc2c(OCC3CSc4ccccc43)cccc21. The summed E-state index contributed by atoms with van der Waals surface area (Å²) in [6.45, 7) is 0.719. The molecule has 2 unspecified atom stereocenters. The van der Waals surface area contributed by atoms with Crippen molar-refractivity contribution in [1.29, 1.82) is 0 Å². The first kappa shape index (κ1) is 13.2. The molecule has 0 spiro atoms. The lowest BCUT2D eigenvalue weighted by molar-refractivity contribution is 0.180. The summed E-state index contributed by atoms with van der Waals surface area (Å²) in [5.41, 5.74) is 3.66. The molecule has 2 aliphatic rings. The van der Waals surface area contributed by atoms with Crippen LogP contribution >= 0.6 is 11.8 Å². The smallest absolute Gasteiger partial charge is 0.122 e. The molecule has 3 heteroatoms. The molecular weight excluding hydrogens is 280 g/mol. The highest BCUT2D eigenvalue weighted by Gasteiger charge is 2.26. The van der Waals surface area contributed by atoms with Crippen LogP contribution < -0.4 is 4.74 Å². The fourth-order valence-corrected chi connectivity index (χ4v) is 4.52. The van der Waals surface area contributed by atoms with Gasteiger partial charge in [-0.3, -0.25) is 0 Å². The van der Waals surface area contributed by atoms with Crippen molar-refractivity contribution < 1.29 is 9.84 Å². The van der Waals surface area contributed by atoms with Gasteiger partial charge < -0.3 is 9.84 Å². The molecule has 1 aliphatic heterocycles. The van der Waals surface area contributed by atoms with E-state index in [-0.39, 0.29) is 6.10 Å². The summed E-state index contributed by atoms with van der Waals surface area (Å²) in [5, 5.41) is 9.96. The van der Waals surface area contributed by atoms with E-state index in [4.69, 9.17) is 4.74 Å². The van der Waals surface area contributed by atoms with Crippen LogP contribution in [0.2, 0.25) is 0 Å². The Morgan fingerprint density at radius 2 is 1.95 bits per heavy atom. The number of thioether (sulfide) groups is 1. The van der Waals surface area contributed by atoms with Gasteiger partial charge in [-0.15, -0.1) is 11.8 Å². The van der Waals surface area contributed by atoms with Crippen LogP contribution in [0.15, 0.2) is 47.4 Å². The highest BCUT2D eigenvalue weighted by atomic mass is 32.2. The lowest BCUT2D eigenvalue weighted by Gasteiger charge is -2.15. The van der Waals surface area contributed by atoms with Gasteiger partial charge >= 0.3 is 0 Å². The fraction of sp³-hybridized carbons (Fsp3) is 0.333. The number of benzene rings is 2. The first-order chi connectivity index (χ1) is 10.3. The summed E-state index contributed by atoms with van der Waals surface area (Å²) in [6, 6.07) is 14.6. The van der Waals surface area contributed by atoms with Crippen LogP contribution in [0.4, 0.5) is 0 Å². The zero-order valence-electron chi connectivity index (χ0n) is 11.8. The van der Waals surface area contributed by atoms with Crippen LogP contribution in [0, 0.1) is 0 Å². The lowest BCUT2D eigenvalue weighted by atomic mass is 10.0. The zero-order valence-corrected chi connectivity index (χ0v) is 12.6. The second kappa shape index (κ2) is 5.39. The van der Waals surface area contributed by atoms with E-state index in [9.17, 15) is 5.11 Å². The monoisotopic (exact) mass is 298 g/mol. The highest BCUT2D eigenvalue weighted by molar-refractivity contribution is 7.99. The van der Waals surface area contributed by atoms with Crippen LogP contribution in [0.5, 0.6) is 5.75 Å². The third-order valence-corrected chi connectivity index (χ3v) is 5.69. The quantitative estimate of drug-likeness (QED) is 0.931. The standard InChI is InChI=1S/C18H18O2S/c19-16-9-8-15-14(16)5-3-6-17(15)20-10-12-11-21-18-7-2-1-4-13(12)18/h1-7,12,16,19H,8-11H2. The Balaban J connectivity index is 1.52. The van der Waals surface area contributed by atoms with Crippen molar-refractivity contribution in [2.45, 2.75) is 29.8 Å². The van der Waals surface area contributed by atoms with Crippen molar-refractivity contribution in [3.63, 3.8) is 0 Å². The number of rotatable bonds is 3. The molecule has 4 rings (SSSR count). The number of fused-ring (bicyclic) bond motifs is 2. The van der Waals surface area contributed by atoms with E-state index in [1.807, 2.05) is 30.0 Å². The van der Waals surface area contributed by atoms with Crippen LogP contribution in [-0.2, 0) is 6.42 Å². The molecule has 2 aromatic carbocycles. The Morgan fingerprint density at radius 1 is 1.10 bits per heavy atom. The van der Waals surface area contributed by atoms with Gasteiger partial charge in [0.2, 0.25) is 0 Å². The third kappa shape index (κ3) is 2.34. The van der Waals surface area contributed by atoms with Crippen molar-refractivity contribution in [3.05, 3.63) is 59.2 Å². The second-order valence-corrected chi connectivity index (χ2v) is 6.80. The third-order valence-electron chi connectivity index (χ3n) is 4.43. The molecule has 0 amide bonds. The minimum atomic E-state index is -0.314. The molecule has 1 heterocycles. The fourth-order valence-electron chi connectivity index (χ4n) is 3.29. The van der Waals surface area contributed by atoms with E-state index in [2.05, 4.69) is 24.3 Å². The number of hydrogen-bond acceptors (Lipinski definition) is 3. The number of aliphatic hydroxyl groups is 1. The molecule has 1 aliphatic carbocycles. The summed E-state index contributed by atoms with van der Waals surface area (Å²) >= 11 is 1.92. The van der Waals surface area contributed by atoms with Gasteiger partial charge in [0, 0.05) is 22.1 Å². The molecule has 21 heavy (non-hydrogen) atoms. The number of aliphatic hydroxyl groups excluding tert-OH is 1. The molecule has 0 bridgehead atoms. The average molecular weight is 298 g/mol. The van der Waals surface area contributed by atoms with Crippen LogP contribution in [0.3, 0.4) is 0 Å². The van der Waals surface area contributed by atoms with Crippen LogP contribution in [0.25, 0.3) is 0 Å². The maximum absolute atomic E-state index is 9.96. The molecule has 0 fully saturated rings. The van der Waals surface area contributed by atoms with E-state index in [0.717, 1.165) is 36.5 Å². The van der Waals surface area contributed by atoms with Gasteiger partial charge in [-0.25, -0.2) is 0 Å². The Kier molecular flexibility index (Phi) is 3.40. The topological polar surface area (TPSA) is 29.5 Å². The molecule has 2 nitrogen and oxygen atoms in total. The van der Waals surface area contributed by atoms with Gasteiger partial charge in [0.25, 0.3) is 0 Å². The molecule has 0 saturated heterocycles. The first-order valence-electron chi connectivity index (χ1n) is 7.47. The molecule has 0 radical (unpaired) electrons. The zero-order chi connectivity index (χ0) is 14.2. The van der Waals surface area contributed by atoms with E-state index in [1.54, 1.807) is 0 Å². The number of ether oxygens (including phenoxy) is 1. The first-order valence-corrected chi connectivity index (χ1v) is 8.46. The average Bonchev–Trinajstić information content (AvgIpc) is 3.10. The Labute approximate surface area is 129 Å².